The lowest BCUT2D eigenvalue weighted by atomic mass is 10.2. The molecule has 1 heterocycles. The molecule has 1 N–H and O–H groups in total. The normalized spacial score (nSPS) is 16.8. The second-order valence-electron chi connectivity index (χ2n) is 5.44. The quantitative estimate of drug-likeness (QED) is 0.898. The summed E-state index contributed by atoms with van der Waals surface area (Å²) in [6, 6.07) is 7.18. The lowest BCUT2D eigenvalue weighted by Crippen LogP contribution is -2.26. The second kappa shape index (κ2) is 4.73. The Morgan fingerprint density at radius 3 is 2.89 bits per heavy atom. The van der Waals surface area contributed by atoms with Crippen LogP contribution in [0.1, 0.15) is 37.1 Å². The molecule has 1 aromatic heterocycles. The molecule has 2 aromatic rings. The third kappa shape index (κ3) is 2.15. The standard InChI is InChI=1S/C15H21N3/c1-11-7-8-14-13(9-11)17-15(18(14)2)10-16-12-5-3-4-6-12/h7-9,12,16H,3-6,10H2,1-2H3. The number of hydrogen-bond donors (Lipinski definition) is 1. The summed E-state index contributed by atoms with van der Waals surface area (Å²) in [7, 11) is 2.11. The number of rotatable bonds is 3. The fraction of sp³-hybridized carbons (Fsp3) is 0.533. The Bertz CT molecular complexity index is 550. The van der Waals surface area contributed by atoms with Gasteiger partial charge in [-0.15, -0.1) is 0 Å². The van der Waals surface area contributed by atoms with Crippen LogP contribution in [0.4, 0.5) is 0 Å². The van der Waals surface area contributed by atoms with Crippen molar-refractivity contribution in [2.75, 3.05) is 0 Å². The fourth-order valence-electron chi connectivity index (χ4n) is 2.88. The SMILES string of the molecule is Cc1ccc2c(c1)nc(CNC1CCCC1)n2C. The minimum Gasteiger partial charge on any atom is -0.330 e. The molecule has 0 radical (unpaired) electrons. The zero-order chi connectivity index (χ0) is 12.5. The van der Waals surface area contributed by atoms with Crippen LogP contribution in [0, 0.1) is 6.92 Å². The number of imidazole rings is 1. The Balaban J connectivity index is 1.80. The summed E-state index contributed by atoms with van der Waals surface area (Å²) in [6.07, 6.45) is 5.39. The average molecular weight is 243 g/mol. The van der Waals surface area contributed by atoms with Gasteiger partial charge in [-0.05, 0) is 37.5 Å². The summed E-state index contributed by atoms with van der Waals surface area (Å²) in [5.41, 5.74) is 3.61. The molecular formula is C15H21N3. The first-order chi connectivity index (χ1) is 8.74. The Labute approximate surface area is 108 Å². The molecule has 0 spiro atoms. The van der Waals surface area contributed by atoms with Crippen LogP contribution in [0.3, 0.4) is 0 Å². The zero-order valence-corrected chi connectivity index (χ0v) is 11.2. The summed E-state index contributed by atoms with van der Waals surface area (Å²) >= 11 is 0. The Morgan fingerprint density at radius 1 is 1.33 bits per heavy atom. The van der Waals surface area contributed by atoms with Crippen molar-refractivity contribution in [3.63, 3.8) is 0 Å². The molecule has 0 aliphatic heterocycles. The molecule has 0 amide bonds. The smallest absolute Gasteiger partial charge is 0.123 e. The van der Waals surface area contributed by atoms with Gasteiger partial charge in [-0.1, -0.05) is 18.9 Å². The summed E-state index contributed by atoms with van der Waals surface area (Å²) in [4.78, 5) is 4.73. The van der Waals surface area contributed by atoms with Crippen LogP contribution in [0.2, 0.25) is 0 Å². The highest BCUT2D eigenvalue weighted by Crippen LogP contribution is 2.19. The van der Waals surface area contributed by atoms with Gasteiger partial charge in [0, 0.05) is 13.1 Å². The third-order valence-electron chi connectivity index (χ3n) is 4.03. The van der Waals surface area contributed by atoms with E-state index < -0.39 is 0 Å². The van der Waals surface area contributed by atoms with Crippen LogP contribution in [0.5, 0.6) is 0 Å². The number of aromatic nitrogens is 2. The lowest BCUT2D eigenvalue weighted by molar-refractivity contribution is 0.508. The van der Waals surface area contributed by atoms with Crippen LogP contribution < -0.4 is 5.32 Å². The van der Waals surface area contributed by atoms with Gasteiger partial charge in [0.2, 0.25) is 0 Å². The molecule has 1 fully saturated rings. The molecule has 18 heavy (non-hydrogen) atoms. The van der Waals surface area contributed by atoms with Crippen LogP contribution in [-0.2, 0) is 13.6 Å². The number of hydrogen-bond acceptors (Lipinski definition) is 2. The maximum absolute atomic E-state index is 4.73. The molecule has 3 heteroatoms. The average Bonchev–Trinajstić information content (AvgIpc) is 2.95. The monoisotopic (exact) mass is 243 g/mol. The first-order valence-electron chi connectivity index (χ1n) is 6.89. The first-order valence-corrected chi connectivity index (χ1v) is 6.89. The maximum atomic E-state index is 4.73. The topological polar surface area (TPSA) is 29.9 Å². The molecule has 0 atom stereocenters. The van der Waals surface area contributed by atoms with E-state index in [2.05, 4.69) is 42.1 Å². The molecule has 1 aromatic carbocycles. The molecule has 1 aliphatic carbocycles. The van der Waals surface area contributed by atoms with Crippen molar-refractivity contribution >= 4 is 11.0 Å². The van der Waals surface area contributed by atoms with Crippen molar-refractivity contribution in [2.24, 2.45) is 7.05 Å². The van der Waals surface area contributed by atoms with Gasteiger partial charge in [0.25, 0.3) is 0 Å². The molecule has 0 bridgehead atoms. The third-order valence-corrected chi connectivity index (χ3v) is 4.03. The van der Waals surface area contributed by atoms with E-state index in [9.17, 15) is 0 Å². The summed E-state index contributed by atoms with van der Waals surface area (Å²) in [6.45, 7) is 3.00. The molecule has 3 rings (SSSR count). The molecule has 1 aliphatic rings. The molecule has 3 nitrogen and oxygen atoms in total. The predicted molar refractivity (Wildman–Crippen MR) is 74.5 cm³/mol. The van der Waals surface area contributed by atoms with Gasteiger partial charge in [0.15, 0.2) is 0 Å². The molecule has 0 saturated heterocycles. The minimum absolute atomic E-state index is 0.701. The van der Waals surface area contributed by atoms with E-state index in [4.69, 9.17) is 4.98 Å². The van der Waals surface area contributed by atoms with Crippen molar-refractivity contribution in [3.8, 4) is 0 Å². The van der Waals surface area contributed by atoms with Crippen LogP contribution in [0.15, 0.2) is 18.2 Å². The molecule has 96 valence electrons. The van der Waals surface area contributed by atoms with Crippen molar-refractivity contribution in [2.45, 2.75) is 45.2 Å². The fourth-order valence-corrected chi connectivity index (χ4v) is 2.88. The maximum Gasteiger partial charge on any atom is 0.123 e. The highest BCUT2D eigenvalue weighted by Gasteiger charge is 2.15. The Morgan fingerprint density at radius 2 is 2.11 bits per heavy atom. The van der Waals surface area contributed by atoms with Crippen molar-refractivity contribution in [3.05, 3.63) is 29.6 Å². The van der Waals surface area contributed by atoms with E-state index in [1.807, 2.05) is 0 Å². The minimum atomic E-state index is 0.701. The van der Waals surface area contributed by atoms with Gasteiger partial charge in [-0.3, -0.25) is 0 Å². The number of fused-ring (bicyclic) bond motifs is 1. The highest BCUT2D eigenvalue weighted by atomic mass is 15.1. The van der Waals surface area contributed by atoms with Crippen LogP contribution >= 0.6 is 0 Å². The van der Waals surface area contributed by atoms with E-state index in [1.165, 1.54) is 36.8 Å². The summed E-state index contributed by atoms with van der Waals surface area (Å²) < 4.78 is 2.21. The lowest BCUT2D eigenvalue weighted by Gasteiger charge is -2.11. The van der Waals surface area contributed by atoms with Crippen LogP contribution in [0.25, 0.3) is 11.0 Å². The van der Waals surface area contributed by atoms with E-state index in [-0.39, 0.29) is 0 Å². The zero-order valence-electron chi connectivity index (χ0n) is 11.2. The van der Waals surface area contributed by atoms with Crippen molar-refractivity contribution < 1.29 is 0 Å². The molecular weight excluding hydrogens is 222 g/mol. The highest BCUT2D eigenvalue weighted by molar-refractivity contribution is 5.76. The largest absolute Gasteiger partial charge is 0.330 e. The summed E-state index contributed by atoms with van der Waals surface area (Å²) in [5, 5.41) is 3.63. The summed E-state index contributed by atoms with van der Waals surface area (Å²) in [5.74, 6) is 1.14. The van der Waals surface area contributed by atoms with E-state index in [0.717, 1.165) is 17.9 Å². The van der Waals surface area contributed by atoms with E-state index >= 15 is 0 Å². The number of benzene rings is 1. The van der Waals surface area contributed by atoms with Gasteiger partial charge in [-0.2, -0.15) is 0 Å². The first kappa shape index (κ1) is 11.7. The van der Waals surface area contributed by atoms with Gasteiger partial charge in [-0.25, -0.2) is 4.98 Å². The Kier molecular flexibility index (Phi) is 3.08. The van der Waals surface area contributed by atoms with Gasteiger partial charge >= 0.3 is 0 Å². The van der Waals surface area contributed by atoms with Gasteiger partial charge < -0.3 is 9.88 Å². The van der Waals surface area contributed by atoms with E-state index in [1.54, 1.807) is 0 Å². The number of nitrogens with one attached hydrogen (secondary N) is 1. The predicted octanol–water partition coefficient (Wildman–Crippen LogP) is 2.91. The second-order valence-corrected chi connectivity index (χ2v) is 5.44. The van der Waals surface area contributed by atoms with Gasteiger partial charge in [0.05, 0.1) is 17.6 Å². The number of nitrogens with zero attached hydrogens (tertiary/aromatic N) is 2. The van der Waals surface area contributed by atoms with Crippen molar-refractivity contribution in [1.29, 1.82) is 0 Å². The van der Waals surface area contributed by atoms with E-state index in [0.29, 0.717) is 6.04 Å². The van der Waals surface area contributed by atoms with Crippen molar-refractivity contribution in [1.82, 2.24) is 14.9 Å². The molecule has 0 unspecified atom stereocenters. The van der Waals surface area contributed by atoms with Crippen LogP contribution in [-0.4, -0.2) is 15.6 Å². The number of aryl methyl sites for hydroxylation is 2. The Hall–Kier alpha value is -1.35. The van der Waals surface area contributed by atoms with Gasteiger partial charge in [0.1, 0.15) is 5.82 Å². The molecule has 1 saturated carbocycles.